The third kappa shape index (κ3) is 4.11. The SMILES string of the molecule is O=C(COc1ccc(Cl)cc1Cl)Nc1cccc(-c2nc3ccccc3o2)c1. The third-order valence-corrected chi connectivity index (χ3v) is 4.47. The molecule has 0 radical (unpaired) electrons. The van der Waals surface area contributed by atoms with E-state index in [1.54, 1.807) is 30.3 Å². The number of anilines is 1. The average Bonchev–Trinajstić information content (AvgIpc) is 3.12. The number of carbonyl (C=O) groups excluding carboxylic acids is 1. The fraction of sp³-hybridized carbons (Fsp3) is 0.0476. The molecule has 1 N–H and O–H groups in total. The maximum atomic E-state index is 12.2. The highest BCUT2D eigenvalue weighted by atomic mass is 35.5. The molecular weight excluding hydrogens is 399 g/mol. The summed E-state index contributed by atoms with van der Waals surface area (Å²) in [5.41, 5.74) is 2.85. The Kier molecular flexibility index (Phi) is 5.19. The lowest BCUT2D eigenvalue weighted by molar-refractivity contribution is -0.118. The summed E-state index contributed by atoms with van der Waals surface area (Å²) in [4.78, 5) is 16.7. The van der Waals surface area contributed by atoms with E-state index in [4.69, 9.17) is 32.4 Å². The molecule has 0 bridgehead atoms. The fourth-order valence-electron chi connectivity index (χ4n) is 2.66. The van der Waals surface area contributed by atoms with Crippen LogP contribution in [0.5, 0.6) is 5.75 Å². The van der Waals surface area contributed by atoms with Gasteiger partial charge in [0, 0.05) is 16.3 Å². The zero-order valence-corrected chi connectivity index (χ0v) is 16.0. The Morgan fingerprint density at radius 1 is 1.04 bits per heavy atom. The van der Waals surface area contributed by atoms with E-state index in [1.165, 1.54) is 0 Å². The van der Waals surface area contributed by atoms with Gasteiger partial charge in [0.2, 0.25) is 5.89 Å². The van der Waals surface area contributed by atoms with E-state index >= 15 is 0 Å². The molecule has 7 heteroatoms. The Bertz CT molecular complexity index is 1120. The van der Waals surface area contributed by atoms with Crippen LogP contribution in [-0.4, -0.2) is 17.5 Å². The molecule has 28 heavy (non-hydrogen) atoms. The molecule has 5 nitrogen and oxygen atoms in total. The van der Waals surface area contributed by atoms with Crippen LogP contribution in [0.25, 0.3) is 22.6 Å². The van der Waals surface area contributed by atoms with Gasteiger partial charge in [0.15, 0.2) is 12.2 Å². The summed E-state index contributed by atoms with van der Waals surface area (Å²) in [5.74, 6) is 0.559. The first-order valence-corrected chi connectivity index (χ1v) is 9.18. The lowest BCUT2D eigenvalue weighted by Crippen LogP contribution is -2.20. The number of nitrogens with zero attached hydrogens (tertiary/aromatic N) is 1. The molecule has 0 fully saturated rings. The maximum absolute atomic E-state index is 12.2. The van der Waals surface area contributed by atoms with Crippen LogP contribution in [0.1, 0.15) is 0 Å². The molecule has 0 aliphatic rings. The molecule has 1 amide bonds. The van der Waals surface area contributed by atoms with Crippen molar-refractivity contribution < 1.29 is 13.9 Å². The van der Waals surface area contributed by atoms with E-state index in [0.717, 1.165) is 11.1 Å². The van der Waals surface area contributed by atoms with Gasteiger partial charge < -0.3 is 14.5 Å². The summed E-state index contributed by atoms with van der Waals surface area (Å²) in [7, 11) is 0. The van der Waals surface area contributed by atoms with Gasteiger partial charge in [-0.15, -0.1) is 0 Å². The lowest BCUT2D eigenvalue weighted by Gasteiger charge is -2.09. The van der Waals surface area contributed by atoms with Gasteiger partial charge in [0.1, 0.15) is 11.3 Å². The second kappa shape index (κ2) is 7.92. The minimum absolute atomic E-state index is 0.186. The molecule has 0 saturated heterocycles. The van der Waals surface area contributed by atoms with Gasteiger partial charge in [-0.05, 0) is 48.5 Å². The second-order valence-electron chi connectivity index (χ2n) is 5.98. The number of para-hydroxylation sites is 2. The minimum atomic E-state index is -0.319. The molecule has 0 spiro atoms. The van der Waals surface area contributed by atoms with Crippen molar-refractivity contribution >= 4 is 45.9 Å². The molecule has 4 rings (SSSR count). The normalized spacial score (nSPS) is 10.8. The van der Waals surface area contributed by atoms with Crippen molar-refractivity contribution in [3.8, 4) is 17.2 Å². The van der Waals surface area contributed by atoms with Crippen LogP contribution in [0.4, 0.5) is 5.69 Å². The zero-order valence-electron chi connectivity index (χ0n) is 14.5. The Morgan fingerprint density at radius 2 is 1.89 bits per heavy atom. The zero-order chi connectivity index (χ0) is 19.5. The highest BCUT2D eigenvalue weighted by Gasteiger charge is 2.10. The van der Waals surface area contributed by atoms with Crippen molar-refractivity contribution in [3.05, 3.63) is 76.8 Å². The van der Waals surface area contributed by atoms with Gasteiger partial charge in [-0.25, -0.2) is 4.98 Å². The molecule has 0 saturated carbocycles. The first kappa shape index (κ1) is 18.3. The van der Waals surface area contributed by atoms with Gasteiger partial charge in [0.25, 0.3) is 5.91 Å². The first-order valence-electron chi connectivity index (χ1n) is 8.42. The van der Waals surface area contributed by atoms with Crippen molar-refractivity contribution in [2.24, 2.45) is 0 Å². The fourth-order valence-corrected chi connectivity index (χ4v) is 3.12. The average molecular weight is 413 g/mol. The van der Waals surface area contributed by atoms with Crippen molar-refractivity contribution in [2.45, 2.75) is 0 Å². The van der Waals surface area contributed by atoms with Crippen LogP contribution in [0.2, 0.25) is 10.0 Å². The number of fused-ring (bicyclic) bond motifs is 1. The van der Waals surface area contributed by atoms with Gasteiger partial charge in [0.05, 0.1) is 5.02 Å². The number of carbonyl (C=O) groups is 1. The second-order valence-corrected chi connectivity index (χ2v) is 6.82. The van der Waals surface area contributed by atoms with Gasteiger partial charge in [-0.3, -0.25) is 4.79 Å². The highest BCUT2D eigenvalue weighted by molar-refractivity contribution is 6.35. The molecule has 3 aromatic carbocycles. The molecule has 0 aliphatic carbocycles. The number of aromatic nitrogens is 1. The Hall–Kier alpha value is -3.02. The van der Waals surface area contributed by atoms with Crippen molar-refractivity contribution in [1.29, 1.82) is 0 Å². The summed E-state index contributed by atoms with van der Waals surface area (Å²) < 4.78 is 11.2. The molecule has 140 valence electrons. The summed E-state index contributed by atoms with van der Waals surface area (Å²) in [6.07, 6.45) is 0. The van der Waals surface area contributed by atoms with Crippen LogP contribution in [0.3, 0.4) is 0 Å². The maximum Gasteiger partial charge on any atom is 0.262 e. The number of hydrogen-bond acceptors (Lipinski definition) is 4. The Morgan fingerprint density at radius 3 is 2.71 bits per heavy atom. The highest BCUT2D eigenvalue weighted by Crippen LogP contribution is 2.28. The summed E-state index contributed by atoms with van der Waals surface area (Å²) in [6.45, 7) is -0.186. The molecule has 4 aromatic rings. The van der Waals surface area contributed by atoms with Crippen LogP contribution in [0.15, 0.2) is 71.1 Å². The first-order chi connectivity index (χ1) is 13.6. The van der Waals surface area contributed by atoms with E-state index in [-0.39, 0.29) is 12.5 Å². The molecular formula is C21H14Cl2N2O3. The van der Waals surface area contributed by atoms with Crippen molar-refractivity contribution in [2.75, 3.05) is 11.9 Å². The van der Waals surface area contributed by atoms with E-state index in [2.05, 4.69) is 10.3 Å². The Balaban J connectivity index is 1.44. The quantitative estimate of drug-likeness (QED) is 0.448. The van der Waals surface area contributed by atoms with E-state index < -0.39 is 0 Å². The number of nitrogens with one attached hydrogen (secondary N) is 1. The van der Waals surface area contributed by atoms with E-state index in [9.17, 15) is 4.79 Å². The molecule has 0 aliphatic heterocycles. The number of hydrogen-bond donors (Lipinski definition) is 1. The van der Waals surface area contributed by atoms with Crippen molar-refractivity contribution in [3.63, 3.8) is 0 Å². The summed E-state index contributed by atoms with van der Waals surface area (Å²) in [5, 5.41) is 3.63. The molecule has 0 atom stereocenters. The van der Waals surface area contributed by atoms with Gasteiger partial charge in [-0.1, -0.05) is 41.4 Å². The smallest absolute Gasteiger partial charge is 0.262 e. The van der Waals surface area contributed by atoms with Gasteiger partial charge in [-0.2, -0.15) is 0 Å². The predicted molar refractivity (Wildman–Crippen MR) is 110 cm³/mol. The predicted octanol–water partition coefficient (Wildman–Crippen LogP) is 5.82. The largest absolute Gasteiger partial charge is 0.482 e. The topological polar surface area (TPSA) is 64.4 Å². The van der Waals surface area contributed by atoms with Gasteiger partial charge >= 0.3 is 0 Å². The monoisotopic (exact) mass is 412 g/mol. The number of halogens is 2. The minimum Gasteiger partial charge on any atom is -0.482 e. The van der Waals surface area contributed by atoms with E-state index in [1.807, 2.05) is 36.4 Å². The molecule has 1 aromatic heterocycles. The third-order valence-electron chi connectivity index (χ3n) is 3.94. The van der Waals surface area contributed by atoms with E-state index in [0.29, 0.717) is 33.0 Å². The molecule has 0 unspecified atom stereocenters. The standard InChI is InChI=1S/C21H14Cl2N2O3/c22-14-8-9-18(16(23)11-14)27-12-20(26)24-15-5-3-4-13(10-15)21-25-17-6-1-2-7-19(17)28-21/h1-11H,12H2,(H,24,26). The summed E-state index contributed by atoms with van der Waals surface area (Å²) >= 11 is 11.9. The Labute approximate surface area is 170 Å². The summed E-state index contributed by atoms with van der Waals surface area (Å²) in [6, 6.07) is 19.6. The number of ether oxygens (including phenoxy) is 1. The molecule has 1 heterocycles. The number of benzene rings is 3. The number of oxazole rings is 1. The van der Waals surface area contributed by atoms with Crippen LogP contribution in [0, 0.1) is 0 Å². The van der Waals surface area contributed by atoms with Crippen LogP contribution >= 0.6 is 23.2 Å². The lowest BCUT2D eigenvalue weighted by atomic mass is 10.2. The van der Waals surface area contributed by atoms with Crippen LogP contribution in [-0.2, 0) is 4.79 Å². The number of rotatable bonds is 5. The number of amides is 1. The van der Waals surface area contributed by atoms with Crippen molar-refractivity contribution in [1.82, 2.24) is 4.98 Å². The van der Waals surface area contributed by atoms with Crippen LogP contribution < -0.4 is 10.1 Å².